The number of hydrogen-bond acceptors (Lipinski definition) is 4. The number of benzene rings is 3. The van der Waals surface area contributed by atoms with Crippen LogP contribution >= 0.6 is 11.6 Å². The van der Waals surface area contributed by atoms with E-state index in [1.54, 1.807) is 25.3 Å². The summed E-state index contributed by atoms with van der Waals surface area (Å²) < 4.78 is 11.3. The zero-order chi connectivity index (χ0) is 19.9. The van der Waals surface area contributed by atoms with Crippen LogP contribution in [0.25, 0.3) is 0 Å². The molecule has 0 saturated carbocycles. The summed E-state index contributed by atoms with van der Waals surface area (Å²) in [6, 6.07) is 19.9. The smallest absolute Gasteiger partial charge is 0.335 e. The Morgan fingerprint density at radius 3 is 2.46 bits per heavy atom. The zero-order valence-electron chi connectivity index (χ0n) is 15.3. The summed E-state index contributed by atoms with van der Waals surface area (Å²) in [6.07, 6.45) is 0. The molecule has 2 N–H and O–H groups in total. The number of methoxy groups -OCH3 is 1. The maximum Gasteiger partial charge on any atom is 0.335 e. The summed E-state index contributed by atoms with van der Waals surface area (Å²) in [4.78, 5) is 11.1. The second-order valence-corrected chi connectivity index (χ2v) is 6.58. The van der Waals surface area contributed by atoms with Crippen molar-refractivity contribution in [2.75, 3.05) is 12.4 Å². The Bertz CT molecular complexity index is 957. The van der Waals surface area contributed by atoms with E-state index in [0.717, 1.165) is 16.8 Å². The summed E-state index contributed by atoms with van der Waals surface area (Å²) >= 11 is 5.90. The number of ether oxygens (including phenoxy) is 2. The van der Waals surface area contributed by atoms with E-state index >= 15 is 0 Å². The highest BCUT2D eigenvalue weighted by Gasteiger charge is 2.08. The Morgan fingerprint density at radius 1 is 1.00 bits per heavy atom. The lowest BCUT2D eigenvalue weighted by atomic mass is 10.1. The van der Waals surface area contributed by atoms with Crippen LogP contribution in [0.2, 0.25) is 5.02 Å². The maximum atomic E-state index is 11.1. The fourth-order valence-corrected chi connectivity index (χ4v) is 2.78. The highest BCUT2D eigenvalue weighted by molar-refractivity contribution is 6.30. The first-order chi connectivity index (χ1) is 13.5. The van der Waals surface area contributed by atoms with Gasteiger partial charge in [-0.1, -0.05) is 35.9 Å². The van der Waals surface area contributed by atoms with Gasteiger partial charge in [0.15, 0.2) is 11.5 Å². The van der Waals surface area contributed by atoms with Crippen LogP contribution in [-0.4, -0.2) is 18.2 Å². The molecule has 0 aliphatic heterocycles. The van der Waals surface area contributed by atoms with E-state index in [-0.39, 0.29) is 5.56 Å². The second-order valence-electron chi connectivity index (χ2n) is 6.14. The Kier molecular flexibility index (Phi) is 6.40. The van der Waals surface area contributed by atoms with Crippen molar-refractivity contribution in [3.05, 3.63) is 88.4 Å². The number of carboxylic acids is 1. The molecule has 5 nitrogen and oxygen atoms in total. The van der Waals surface area contributed by atoms with Gasteiger partial charge >= 0.3 is 5.97 Å². The van der Waals surface area contributed by atoms with Crippen LogP contribution in [0, 0.1) is 0 Å². The SMILES string of the molecule is COc1cc(CNc2cccc(C(=O)O)c2)ccc1OCc1ccc(Cl)cc1. The number of carbonyl (C=O) groups is 1. The standard InChI is InChI=1S/C22H20ClNO4/c1-27-21-11-16(13-24-19-4-2-3-17(12-19)22(25)26)7-10-20(21)28-14-15-5-8-18(23)9-6-15/h2-12,24H,13-14H2,1H3,(H,25,26). The fourth-order valence-electron chi connectivity index (χ4n) is 2.65. The first-order valence-electron chi connectivity index (χ1n) is 8.66. The fraction of sp³-hybridized carbons (Fsp3) is 0.136. The number of anilines is 1. The van der Waals surface area contributed by atoms with Crippen molar-refractivity contribution in [3.8, 4) is 11.5 Å². The molecule has 0 fully saturated rings. The van der Waals surface area contributed by atoms with Gasteiger partial charge in [0.2, 0.25) is 0 Å². The highest BCUT2D eigenvalue weighted by atomic mass is 35.5. The first kappa shape index (κ1) is 19.6. The molecule has 3 aromatic carbocycles. The van der Waals surface area contributed by atoms with Crippen molar-refractivity contribution in [1.82, 2.24) is 0 Å². The van der Waals surface area contributed by atoms with E-state index in [1.807, 2.05) is 48.5 Å². The van der Waals surface area contributed by atoms with E-state index in [0.29, 0.717) is 29.7 Å². The largest absolute Gasteiger partial charge is 0.493 e. The van der Waals surface area contributed by atoms with Crippen molar-refractivity contribution in [2.45, 2.75) is 13.2 Å². The van der Waals surface area contributed by atoms with Crippen molar-refractivity contribution in [1.29, 1.82) is 0 Å². The molecule has 144 valence electrons. The van der Waals surface area contributed by atoms with Crippen LogP contribution in [0.5, 0.6) is 11.5 Å². The number of aromatic carboxylic acids is 1. The molecule has 0 aliphatic carbocycles. The molecule has 0 radical (unpaired) electrons. The molecule has 0 amide bonds. The minimum Gasteiger partial charge on any atom is -0.493 e. The van der Waals surface area contributed by atoms with Crippen LogP contribution in [0.3, 0.4) is 0 Å². The third-order valence-electron chi connectivity index (χ3n) is 4.14. The molecule has 28 heavy (non-hydrogen) atoms. The third kappa shape index (κ3) is 5.18. The molecule has 0 aliphatic rings. The normalized spacial score (nSPS) is 10.4. The van der Waals surface area contributed by atoms with E-state index in [4.69, 9.17) is 26.2 Å². The van der Waals surface area contributed by atoms with Crippen LogP contribution in [-0.2, 0) is 13.2 Å². The quantitative estimate of drug-likeness (QED) is 0.544. The highest BCUT2D eigenvalue weighted by Crippen LogP contribution is 2.29. The number of carboxylic acid groups (broad SMARTS) is 1. The summed E-state index contributed by atoms with van der Waals surface area (Å²) in [7, 11) is 1.60. The zero-order valence-corrected chi connectivity index (χ0v) is 16.1. The molecule has 0 bridgehead atoms. The molecule has 0 unspecified atom stereocenters. The Balaban J connectivity index is 1.64. The lowest BCUT2D eigenvalue weighted by molar-refractivity contribution is 0.0697. The molecule has 6 heteroatoms. The van der Waals surface area contributed by atoms with Crippen LogP contribution < -0.4 is 14.8 Å². The molecule has 0 spiro atoms. The van der Waals surface area contributed by atoms with Gasteiger partial charge in [-0.15, -0.1) is 0 Å². The summed E-state index contributed by atoms with van der Waals surface area (Å²) in [5.74, 6) is 0.328. The minimum atomic E-state index is -0.951. The average Bonchev–Trinajstić information content (AvgIpc) is 2.72. The van der Waals surface area contributed by atoms with E-state index in [1.165, 1.54) is 0 Å². The van der Waals surface area contributed by atoms with E-state index in [9.17, 15) is 4.79 Å². The van der Waals surface area contributed by atoms with Gasteiger partial charge in [0.1, 0.15) is 6.61 Å². The molecule has 3 aromatic rings. The number of halogens is 1. The van der Waals surface area contributed by atoms with E-state index < -0.39 is 5.97 Å². The molecule has 0 saturated heterocycles. The molecule has 3 rings (SSSR count). The van der Waals surface area contributed by atoms with Gasteiger partial charge in [0.25, 0.3) is 0 Å². The van der Waals surface area contributed by atoms with Crippen molar-refractivity contribution in [3.63, 3.8) is 0 Å². The van der Waals surface area contributed by atoms with Crippen molar-refractivity contribution < 1.29 is 19.4 Å². The maximum absolute atomic E-state index is 11.1. The number of nitrogens with one attached hydrogen (secondary N) is 1. The first-order valence-corrected chi connectivity index (χ1v) is 9.04. The lowest BCUT2D eigenvalue weighted by Crippen LogP contribution is -2.03. The van der Waals surface area contributed by atoms with Crippen molar-refractivity contribution in [2.24, 2.45) is 0 Å². The van der Waals surface area contributed by atoms with Crippen LogP contribution in [0.4, 0.5) is 5.69 Å². The Labute approximate surface area is 168 Å². The molecule has 0 atom stereocenters. The van der Waals surface area contributed by atoms with E-state index in [2.05, 4.69) is 5.32 Å². The predicted molar refractivity (Wildman–Crippen MR) is 110 cm³/mol. The van der Waals surface area contributed by atoms with Gasteiger partial charge in [0.05, 0.1) is 12.7 Å². The Morgan fingerprint density at radius 2 is 1.75 bits per heavy atom. The van der Waals surface area contributed by atoms with Gasteiger partial charge in [-0.25, -0.2) is 4.79 Å². The van der Waals surface area contributed by atoms with Crippen LogP contribution in [0.15, 0.2) is 66.7 Å². The molecule has 0 aromatic heterocycles. The monoisotopic (exact) mass is 397 g/mol. The van der Waals surface area contributed by atoms with Gasteiger partial charge in [0, 0.05) is 17.3 Å². The van der Waals surface area contributed by atoms with Gasteiger partial charge in [-0.3, -0.25) is 0 Å². The van der Waals surface area contributed by atoms with Crippen LogP contribution in [0.1, 0.15) is 21.5 Å². The average molecular weight is 398 g/mol. The summed E-state index contributed by atoms with van der Waals surface area (Å²) in [5, 5.41) is 13.0. The predicted octanol–water partition coefficient (Wildman–Crippen LogP) is 5.24. The minimum absolute atomic E-state index is 0.244. The third-order valence-corrected chi connectivity index (χ3v) is 4.39. The van der Waals surface area contributed by atoms with Gasteiger partial charge in [-0.2, -0.15) is 0 Å². The van der Waals surface area contributed by atoms with Gasteiger partial charge in [-0.05, 0) is 53.6 Å². The molecule has 0 heterocycles. The lowest BCUT2D eigenvalue weighted by Gasteiger charge is -2.13. The molecular formula is C22H20ClNO4. The Hall–Kier alpha value is -3.18. The van der Waals surface area contributed by atoms with Gasteiger partial charge < -0.3 is 19.9 Å². The number of rotatable bonds is 8. The topological polar surface area (TPSA) is 67.8 Å². The summed E-state index contributed by atoms with van der Waals surface area (Å²) in [6.45, 7) is 0.935. The number of hydrogen-bond donors (Lipinski definition) is 2. The van der Waals surface area contributed by atoms with Crippen molar-refractivity contribution >= 4 is 23.3 Å². The molecular weight excluding hydrogens is 378 g/mol. The second kappa shape index (κ2) is 9.15. The summed E-state index contributed by atoms with van der Waals surface area (Å²) in [5.41, 5.74) is 2.97.